The smallest absolute Gasteiger partial charge is 0.271 e. The number of amides is 2. The largest absolute Gasteiger partial charge is 0.399 e. The van der Waals surface area contributed by atoms with Crippen molar-refractivity contribution in [3.63, 3.8) is 0 Å². The Balaban J connectivity index is 0.000000202. The highest BCUT2D eigenvalue weighted by molar-refractivity contribution is 5.96. The molecule has 2 aromatic rings. The van der Waals surface area contributed by atoms with Crippen molar-refractivity contribution in [3.8, 4) is 0 Å². The second kappa shape index (κ2) is 12.0. The van der Waals surface area contributed by atoms with E-state index < -0.39 is 4.92 Å². The van der Waals surface area contributed by atoms with Crippen molar-refractivity contribution in [1.82, 2.24) is 9.80 Å². The van der Waals surface area contributed by atoms with Crippen molar-refractivity contribution in [3.05, 3.63) is 58.6 Å². The molecule has 2 heterocycles. The average molecular weight is 497 g/mol. The van der Waals surface area contributed by atoms with Crippen LogP contribution in [0.15, 0.2) is 48.5 Å². The predicted octanol–water partition coefficient (Wildman–Crippen LogP) is 2.98. The molecule has 4 rings (SSSR count). The summed E-state index contributed by atoms with van der Waals surface area (Å²) in [5.74, 6) is 0.135. The molecule has 194 valence electrons. The normalized spacial score (nSPS) is 17.4. The monoisotopic (exact) mass is 496 g/mol. The van der Waals surface area contributed by atoms with Gasteiger partial charge in [-0.2, -0.15) is 0 Å². The Kier molecular flexibility index (Phi) is 9.00. The van der Waals surface area contributed by atoms with Crippen LogP contribution in [0.4, 0.5) is 22.7 Å². The van der Waals surface area contributed by atoms with E-state index in [9.17, 15) is 19.7 Å². The van der Waals surface area contributed by atoms with E-state index in [1.165, 1.54) is 12.1 Å². The van der Waals surface area contributed by atoms with E-state index in [0.29, 0.717) is 43.1 Å². The lowest BCUT2D eigenvalue weighted by atomic mass is 10.2. The number of hydrogen-bond acceptors (Lipinski definition) is 7. The van der Waals surface area contributed by atoms with Crippen LogP contribution in [0.3, 0.4) is 0 Å². The topological polar surface area (TPSA) is 116 Å². The van der Waals surface area contributed by atoms with Crippen molar-refractivity contribution < 1.29 is 14.5 Å². The molecule has 2 aliphatic rings. The van der Waals surface area contributed by atoms with Gasteiger partial charge in [0.05, 0.1) is 23.7 Å². The van der Waals surface area contributed by atoms with Crippen LogP contribution in [0, 0.1) is 10.1 Å². The van der Waals surface area contributed by atoms with Crippen LogP contribution in [-0.2, 0) is 9.59 Å². The van der Waals surface area contributed by atoms with Crippen LogP contribution in [0.2, 0.25) is 0 Å². The summed E-state index contributed by atoms with van der Waals surface area (Å²) in [6.45, 7) is 12.2. The van der Waals surface area contributed by atoms with Gasteiger partial charge in [-0.3, -0.25) is 29.5 Å². The average Bonchev–Trinajstić information content (AvgIpc) is 2.84. The number of carbonyl (C=O) groups excluding carboxylic acids is 2. The van der Waals surface area contributed by atoms with E-state index in [0.717, 1.165) is 25.3 Å². The van der Waals surface area contributed by atoms with E-state index in [1.54, 1.807) is 17.0 Å². The quantitative estimate of drug-likeness (QED) is 0.384. The molecule has 2 aliphatic heterocycles. The van der Waals surface area contributed by atoms with Gasteiger partial charge in [-0.1, -0.05) is 12.1 Å². The third kappa shape index (κ3) is 6.79. The minimum absolute atomic E-state index is 0.0107. The van der Waals surface area contributed by atoms with Crippen molar-refractivity contribution >= 4 is 34.6 Å². The Labute approximate surface area is 212 Å². The van der Waals surface area contributed by atoms with Crippen LogP contribution >= 0.6 is 0 Å². The Hall–Kier alpha value is -3.50. The fourth-order valence-electron chi connectivity index (χ4n) is 4.28. The Morgan fingerprint density at radius 1 is 0.778 bits per heavy atom. The van der Waals surface area contributed by atoms with Gasteiger partial charge in [-0.25, -0.2) is 0 Å². The molecule has 2 amide bonds. The maximum atomic E-state index is 12.1. The number of nitrogen functional groups attached to an aromatic ring is 1. The molecule has 0 saturated carbocycles. The molecule has 0 bridgehead atoms. The molecule has 2 fully saturated rings. The molecular weight excluding hydrogens is 460 g/mol. The number of nitro benzene ring substituents is 1. The van der Waals surface area contributed by atoms with E-state index >= 15 is 0 Å². The van der Waals surface area contributed by atoms with Gasteiger partial charge < -0.3 is 15.5 Å². The molecule has 10 heteroatoms. The molecule has 0 radical (unpaired) electrons. The molecule has 0 aliphatic carbocycles. The first-order valence-corrected chi connectivity index (χ1v) is 12.3. The van der Waals surface area contributed by atoms with Gasteiger partial charge in [0, 0.05) is 61.8 Å². The maximum absolute atomic E-state index is 12.1. The van der Waals surface area contributed by atoms with Crippen LogP contribution in [0.5, 0.6) is 0 Å². The fourth-order valence-corrected chi connectivity index (χ4v) is 4.28. The molecule has 2 saturated heterocycles. The molecule has 2 N–H and O–H groups in total. The highest BCUT2D eigenvalue weighted by Gasteiger charge is 2.27. The lowest BCUT2D eigenvalue weighted by Gasteiger charge is -2.36. The number of nitro groups is 1. The van der Waals surface area contributed by atoms with Gasteiger partial charge in [-0.15, -0.1) is 0 Å². The number of piperazine rings is 2. The number of carbonyl (C=O) groups is 2. The molecule has 36 heavy (non-hydrogen) atoms. The summed E-state index contributed by atoms with van der Waals surface area (Å²) >= 11 is 0. The van der Waals surface area contributed by atoms with Gasteiger partial charge in [0.1, 0.15) is 0 Å². The molecule has 10 nitrogen and oxygen atoms in total. The number of nitrogens with two attached hydrogens (primary N) is 1. The minimum atomic E-state index is -0.446. The first-order chi connectivity index (χ1) is 17.1. The molecule has 0 atom stereocenters. The molecule has 0 spiro atoms. The predicted molar refractivity (Wildman–Crippen MR) is 142 cm³/mol. The summed E-state index contributed by atoms with van der Waals surface area (Å²) in [6.07, 6.45) is 0. The van der Waals surface area contributed by atoms with E-state index in [1.807, 2.05) is 29.2 Å². The van der Waals surface area contributed by atoms with Gasteiger partial charge in [-0.05, 0) is 52.0 Å². The summed E-state index contributed by atoms with van der Waals surface area (Å²) in [6, 6.07) is 14.5. The van der Waals surface area contributed by atoms with Gasteiger partial charge >= 0.3 is 0 Å². The third-order valence-corrected chi connectivity index (χ3v) is 6.50. The number of nitrogens with zero attached hydrogens (tertiary/aromatic N) is 5. The first-order valence-electron chi connectivity index (χ1n) is 12.3. The zero-order chi connectivity index (χ0) is 26.4. The summed E-state index contributed by atoms with van der Waals surface area (Å²) in [5.41, 5.74) is 7.95. The summed E-state index contributed by atoms with van der Waals surface area (Å²) in [5, 5.41) is 10.8. The summed E-state index contributed by atoms with van der Waals surface area (Å²) < 4.78 is 0. The zero-order valence-corrected chi connectivity index (χ0v) is 21.5. The van der Waals surface area contributed by atoms with Crippen LogP contribution in [0.25, 0.3) is 0 Å². The summed E-state index contributed by atoms with van der Waals surface area (Å²) in [4.78, 5) is 42.2. The number of anilines is 3. The Morgan fingerprint density at radius 3 is 1.67 bits per heavy atom. The number of benzene rings is 2. The summed E-state index contributed by atoms with van der Waals surface area (Å²) in [7, 11) is 0. The minimum Gasteiger partial charge on any atom is -0.399 e. The van der Waals surface area contributed by atoms with E-state index in [-0.39, 0.29) is 17.5 Å². The van der Waals surface area contributed by atoms with Crippen molar-refractivity contribution in [2.45, 2.75) is 39.8 Å². The van der Waals surface area contributed by atoms with Gasteiger partial charge in [0.25, 0.3) is 5.69 Å². The lowest BCUT2D eigenvalue weighted by Crippen LogP contribution is -2.52. The second-order valence-electron chi connectivity index (χ2n) is 9.59. The Bertz CT molecular complexity index is 1090. The van der Waals surface area contributed by atoms with E-state index in [4.69, 9.17) is 5.73 Å². The SMILES string of the molecule is CC(C)N1CCN(c2cccc(N)c2)C(=O)C1.CC(C)N1CCN(c2cccc([N+](=O)[O-])c2)C(=O)C1. The van der Waals surface area contributed by atoms with Crippen LogP contribution in [0.1, 0.15) is 27.7 Å². The second-order valence-corrected chi connectivity index (χ2v) is 9.59. The molecule has 2 aromatic carbocycles. The first kappa shape index (κ1) is 27.1. The standard InChI is InChI=1S/C13H17N3O3.C13H19N3O/c1-10(2)14-6-7-15(13(17)9-14)11-4-3-5-12(8-11)16(18)19;1-10(2)15-6-7-16(13(17)9-15)12-5-3-4-11(14)8-12/h3-5,8,10H,6-7,9H2,1-2H3;3-5,8,10H,6-7,9,14H2,1-2H3. The zero-order valence-electron chi connectivity index (χ0n) is 21.5. The Morgan fingerprint density at radius 2 is 1.25 bits per heavy atom. The van der Waals surface area contributed by atoms with E-state index in [2.05, 4.69) is 37.5 Å². The lowest BCUT2D eigenvalue weighted by molar-refractivity contribution is -0.384. The van der Waals surface area contributed by atoms with Crippen LogP contribution in [-0.4, -0.2) is 77.9 Å². The van der Waals surface area contributed by atoms with Crippen molar-refractivity contribution in [2.75, 3.05) is 54.8 Å². The molecule has 0 aromatic heterocycles. The van der Waals surface area contributed by atoms with Crippen molar-refractivity contribution in [1.29, 1.82) is 0 Å². The van der Waals surface area contributed by atoms with Gasteiger partial charge in [0.2, 0.25) is 11.8 Å². The highest BCUT2D eigenvalue weighted by Crippen LogP contribution is 2.23. The fraction of sp³-hybridized carbons (Fsp3) is 0.462. The highest BCUT2D eigenvalue weighted by atomic mass is 16.6. The number of non-ortho nitro benzene ring substituents is 1. The maximum Gasteiger partial charge on any atom is 0.271 e. The third-order valence-electron chi connectivity index (χ3n) is 6.50. The number of hydrogen-bond donors (Lipinski definition) is 1. The van der Waals surface area contributed by atoms with Crippen molar-refractivity contribution in [2.24, 2.45) is 0 Å². The number of rotatable bonds is 5. The molecular formula is C26H36N6O4. The van der Waals surface area contributed by atoms with Crippen LogP contribution < -0.4 is 15.5 Å². The van der Waals surface area contributed by atoms with Gasteiger partial charge in [0.15, 0.2) is 0 Å². The molecule has 0 unspecified atom stereocenters.